The van der Waals surface area contributed by atoms with Crippen molar-refractivity contribution in [3.8, 4) is 17.2 Å². The fraction of sp³-hybridized carbons (Fsp3) is 0.381. The Morgan fingerprint density at radius 2 is 2.16 bits per heavy atom. The molecular weight excluding hydrogens is 326 g/mol. The summed E-state index contributed by atoms with van der Waals surface area (Å²) >= 11 is 2.05. The third kappa shape index (κ3) is 2.46. The highest BCUT2D eigenvalue weighted by molar-refractivity contribution is 7.98. The van der Waals surface area contributed by atoms with E-state index in [0.717, 1.165) is 30.0 Å². The second-order valence-electron chi connectivity index (χ2n) is 7.18. The fourth-order valence-corrected chi connectivity index (χ4v) is 5.63. The Bertz CT molecular complexity index is 870. The van der Waals surface area contributed by atoms with Crippen molar-refractivity contribution in [2.24, 2.45) is 0 Å². The molecule has 3 aliphatic rings. The zero-order chi connectivity index (χ0) is 16.8. The molecule has 1 N–H and O–H groups in total. The summed E-state index contributed by atoms with van der Waals surface area (Å²) in [5, 5.41) is 12.8. The van der Waals surface area contributed by atoms with Crippen LogP contribution in [0.5, 0.6) is 0 Å². The number of nitrogens with one attached hydrogen (secondary N) is 1. The van der Waals surface area contributed by atoms with Crippen LogP contribution in [0, 0.1) is 11.3 Å². The highest BCUT2D eigenvalue weighted by atomic mass is 32.2. The molecule has 2 aromatic rings. The van der Waals surface area contributed by atoms with Gasteiger partial charge in [0.2, 0.25) is 0 Å². The normalized spacial score (nSPS) is 24.2. The summed E-state index contributed by atoms with van der Waals surface area (Å²) < 4.78 is 0. The van der Waals surface area contributed by atoms with E-state index >= 15 is 0 Å². The molecule has 5 rings (SSSR count). The van der Waals surface area contributed by atoms with E-state index in [-0.39, 0.29) is 0 Å². The highest BCUT2D eigenvalue weighted by Crippen LogP contribution is 2.48. The van der Waals surface area contributed by atoms with Gasteiger partial charge in [0.05, 0.1) is 11.6 Å². The van der Waals surface area contributed by atoms with E-state index in [2.05, 4.69) is 34.5 Å². The van der Waals surface area contributed by atoms with Crippen molar-refractivity contribution in [1.82, 2.24) is 5.32 Å². The maximum absolute atomic E-state index is 9.23. The van der Waals surface area contributed by atoms with Crippen LogP contribution in [-0.2, 0) is 5.75 Å². The average molecular weight is 347 g/mol. The summed E-state index contributed by atoms with van der Waals surface area (Å²) in [6.45, 7) is 3.39. The Hall–Kier alpha value is -1.96. The number of piperidine rings is 1. The fourth-order valence-electron chi connectivity index (χ4n) is 4.72. The number of anilines is 1. The number of nitrogens with zero attached hydrogens (tertiary/aromatic N) is 2. The predicted molar refractivity (Wildman–Crippen MR) is 104 cm³/mol. The number of rotatable bonds is 1. The van der Waals surface area contributed by atoms with Gasteiger partial charge in [-0.25, -0.2) is 0 Å². The number of hydrogen-bond acceptors (Lipinski definition) is 4. The summed E-state index contributed by atoms with van der Waals surface area (Å²) in [6, 6.07) is 15.7. The van der Waals surface area contributed by atoms with E-state index in [0.29, 0.717) is 12.0 Å². The van der Waals surface area contributed by atoms with Gasteiger partial charge in [0.15, 0.2) is 0 Å². The number of hydrogen-bond donors (Lipinski definition) is 1. The highest BCUT2D eigenvalue weighted by Gasteiger charge is 2.41. The second-order valence-corrected chi connectivity index (χ2v) is 8.28. The zero-order valence-corrected chi connectivity index (χ0v) is 15.0. The van der Waals surface area contributed by atoms with E-state index in [1.165, 1.54) is 41.1 Å². The molecule has 0 saturated carbocycles. The van der Waals surface area contributed by atoms with Crippen molar-refractivity contribution in [2.45, 2.75) is 24.1 Å². The number of benzene rings is 2. The van der Waals surface area contributed by atoms with Gasteiger partial charge in [0, 0.05) is 42.2 Å². The largest absolute Gasteiger partial charge is 0.367 e. The average Bonchev–Trinajstić information content (AvgIpc) is 2.83. The monoisotopic (exact) mass is 347 g/mol. The van der Waals surface area contributed by atoms with Gasteiger partial charge in [-0.3, -0.25) is 0 Å². The second kappa shape index (κ2) is 6.09. The molecule has 2 aromatic carbocycles. The Kier molecular flexibility index (Phi) is 3.73. The molecule has 4 heteroatoms. The van der Waals surface area contributed by atoms with Gasteiger partial charge in [-0.2, -0.15) is 17.0 Å². The quantitative estimate of drug-likeness (QED) is 0.853. The first kappa shape index (κ1) is 15.3. The van der Waals surface area contributed by atoms with Gasteiger partial charge < -0.3 is 10.2 Å². The van der Waals surface area contributed by atoms with Crippen LogP contribution < -0.4 is 10.2 Å². The smallest absolute Gasteiger partial charge is 0.0991 e. The van der Waals surface area contributed by atoms with Gasteiger partial charge in [0.25, 0.3) is 0 Å². The first-order chi connectivity index (χ1) is 12.3. The first-order valence-corrected chi connectivity index (χ1v) is 10.2. The third-order valence-corrected chi connectivity index (χ3v) is 6.80. The van der Waals surface area contributed by atoms with Crippen LogP contribution >= 0.6 is 11.8 Å². The number of thioether (sulfide) groups is 1. The lowest BCUT2D eigenvalue weighted by atomic mass is 9.88. The maximum atomic E-state index is 9.23. The Balaban J connectivity index is 1.68. The van der Waals surface area contributed by atoms with Crippen molar-refractivity contribution in [1.29, 1.82) is 5.26 Å². The molecule has 3 heterocycles. The molecule has 0 amide bonds. The van der Waals surface area contributed by atoms with Gasteiger partial charge in [-0.05, 0) is 59.5 Å². The molecule has 3 aliphatic heterocycles. The van der Waals surface area contributed by atoms with Gasteiger partial charge >= 0.3 is 0 Å². The van der Waals surface area contributed by atoms with Crippen molar-refractivity contribution in [2.75, 3.05) is 30.3 Å². The zero-order valence-electron chi connectivity index (χ0n) is 14.2. The molecular formula is C21H21N3S. The van der Waals surface area contributed by atoms with Crippen molar-refractivity contribution in [3.05, 3.63) is 53.1 Å². The van der Waals surface area contributed by atoms with E-state index in [9.17, 15) is 5.26 Å². The lowest BCUT2D eigenvalue weighted by molar-refractivity contribution is 0.406. The van der Waals surface area contributed by atoms with Crippen LogP contribution in [0.4, 0.5) is 5.69 Å². The third-order valence-electron chi connectivity index (χ3n) is 5.81. The molecule has 0 aromatic heterocycles. The SMILES string of the molecule is N#Cc1cccc(-c2cc3c4c(c2)C2CNCCC2N4CCSC3)c1. The summed E-state index contributed by atoms with van der Waals surface area (Å²) in [5.74, 6) is 2.91. The molecule has 1 saturated heterocycles. The van der Waals surface area contributed by atoms with E-state index < -0.39 is 0 Å². The molecule has 0 bridgehead atoms. The van der Waals surface area contributed by atoms with Crippen LogP contribution in [0.2, 0.25) is 0 Å². The Morgan fingerprint density at radius 3 is 3.08 bits per heavy atom. The lowest BCUT2D eigenvalue weighted by Gasteiger charge is -2.33. The van der Waals surface area contributed by atoms with Crippen LogP contribution in [0.25, 0.3) is 11.1 Å². The topological polar surface area (TPSA) is 39.1 Å². The summed E-state index contributed by atoms with van der Waals surface area (Å²) in [4.78, 5) is 2.70. The van der Waals surface area contributed by atoms with Gasteiger partial charge in [-0.15, -0.1) is 0 Å². The van der Waals surface area contributed by atoms with Gasteiger partial charge in [0.1, 0.15) is 0 Å². The molecule has 126 valence electrons. The van der Waals surface area contributed by atoms with E-state index in [4.69, 9.17) is 0 Å². The van der Waals surface area contributed by atoms with Crippen LogP contribution in [0.3, 0.4) is 0 Å². The Labute approximate surface area is 153 Å². The van der Waals surface area contributed by atoms with Crippen LogP contribution in [-0.4, -0.2) is 31.4 Å². The van der Waals surface area contributed by atoms with Crippen LogP contribution in [0.15, 0.2) is 36.4 Å². The van der Waals surface area contributed by atoms with Crippen molar-refractivity contribution in [3.63, 3.8) is 0 Å². The van der Waals surface area contributed by atoms with Crippen molar-refractivity contribution >= 4 is 17.4 Å². The molecule has 2 atom stereocenters. The van der Waals surface area contributed by atoms with E-state index in [1.807, 2.05) is 30.0 Å². The molecule has 1 fully saturated rings. The van der Waals surface area contributed by atoms with Crippen molar-refractivity contribution < 1.29 is 0 Å². The minimum Gasteiger partial charge on any atom is -0.367 e. The number of fused-ring (bicyclic) bond motifs is 3. The predicted octanol–water partition coefficient (Wildman–Crippen LogP) is 3.74. The minimum atomic E-state index is 0.602. The molecule has 3 nitrogen and oxygen atoms in total. The van der Waals surface area contributed by atoms with E-state index in [1.54, 1.807) is 0 Å². The standard InChI is InChI=1S/C21H21N3S/c22-11-14-2-1-3-15(8-14)16-9-17-13-25-7-6-24-20-4-5-23-12-19(20)18(10-16)21(17)24/h1-3,8-10,19-20,23H,4-7,12-13H2. The molecule has 25 heavy (non-hydrogen) atoms. The maximum Gasteiger partial charge on any atom is 0.0991 e. The summed E-state index contributed by atoms with van der Waals surface area (Å²) in [6.07, 6.45) is 1.24. The summed E-state index contributed by atoms with van der Waals surface area (Å²) in [5.41, 5.74) is 7.67. The molecule has 0 aliphatic carbocycles. The molecule has 0 spiro atoms. The lowest BCUT2D eigenvalue weighted by Crippen LogP contribution is -2.44. The summed E-state index contributed by atoms with van der Waals surface area (Å²) in [7, 11) is 0. The minimum absolute atomic E-state index is 0.602. The first-order valence-electron chi connectivity index (χ1n) is 9.07. The molecule has 0 radical (unpaired) electrons. The Morgan fingerprint density at radius 1 is 1.20 bits per heavy atom. The number of nitriles is 1. The molecule has 2 unspecified atom stereocenters. The van der Waals surface area contributed by atoms with Crippen LogP contribution in [0.1, 0.15) is 29.0 Å². The van der Waals surface area contributed by atoms with Gasteiger partial charge in [-0.1, -0.05) is 12.1 Å².